The van der Waals surface area contributed by atoms with Crippen LogP contribution in [0.15, 0.2) is 91.0 Å². The van der Waals surface area contributed by atoms with E-state index in [0.717, 1.165) is 22.6 Å². The Labute approximate surface area is 287 Å². The van der Waals surface area contributed by atoms with Crippen molar-refractivity contribution < 1.29 is 28.9 Å². The number of hydrogen-bond acceptors (Lipinski definition) is 6. The highest BCUT2D eigenvalue weighted by Crippen LogP contribution is 2.60. The predicted octanol–water partition coefficient (Wildman–Crippen LogP) is 6.75. The number of carbonyl (C=O) groups excluding carboxylic acids is 2. The maximum atomic E-state index is 14.9. The summed E-state index contributed by atoms with van der Waals surface area (Å²) in [5.74, 6) is 0.859. The number of carbonyl (C=O) groups is 2. The van der Waals surface area contributed by atoms with Crippen LogP contribution in [0.3, 0.4) is 0 Å². The van der Waals surface area contributed by atoms with Gasteiger partial charge < -0.3 is 29.5 Å². The van der Waals surface area contributed by atoms with Crippen LogP contribution in [0, 0.1) is 5.92 Å². The van der Waals surface area contributed by atoms with Gasteiger partial charge in [0.15, 0.2) is 5.60 Å². The number of benzene rings is 4. The first kappa shape index (κ1) is 33.7. The summed E-state index contributed by atoms with van der Waals surface area (Å²) in [7, 11) is 0.935. The molecule has 250 valence electrons. The molecule has 2 N–H and O–H groups in total. The Morgan fingerprint density at radius 3 is 2.29 bits per heavy atom. The number of fused-ring (bicyclic) bond motifs is 2. The Morgan fingerprint density at radius 2 is 1.65 bits per heavy atom. The van der Waals surface area contributed by atoms with Crippen LogP contribution >= 0.6 is 11.6 Å². The highest BCUT2D eigenvalue weighted by Gasteiger charge is 2.66. The lowest BCUT2D eigenvalue weighted by molar-refractivity contribution is -0.146. The van der Waals surface area contributed by atoms with E-state index in [2.05, 4.69) is 37.5 Å². The van der Waals surface area contributed by atoms with Crippen molar-refractivity contribution in [3.63, 3.8) is 0 Å². The zero-order valence-corrected chi connectivity index (χ0v) is 29.6. The summed E-state index contributed by atoms with van der Waals surface area (Å²) < 4.78 is 17.6. The molecule has 8 nitrogen and oxygen atoms in total. The van der Waals surface area contributed by atoms with Crippen LogP contribution in [0.25, 0.3) is 0 Å². The monoisotopic (exact) mass is 684 g/mol. The molecule has 0 aliphatic carbocycles. The molecule has 2 aliphatic rings. The number of hydrogen-bond donors (Lipinski definition) is 2. The predicted molar refractivity (Wildman–Crippen MR) is 191 cm³/mol. The second kappa shape index (κ2) is 13.4. The minimum Gasteiger partial charge on any atom is -0.497 e. The van der Waals surface area contributed by atoms with Gasteiger partial charge in [0.2, 0.25) is 0 Å². The Morgan fingerprint density at radius 1 is 0.979 bits per heavy atom. The van der Waals surface area contributed by atoms with Crippen LogP contribution < -0.4 is 24.9 Å². The van der Waals surface area contributed by atoms with Crippen molar-refractivity contribution in [3.8, 4) is 11.5 Å². The molecule has 10 heteroatoms. The molecular weight excluding hydrogens is 644 g/mol. The van der Waals surface area contributed by atoms with E-state index in [0.29, 0.717) is 28.4 Å². The summed E-state index contributed by atoms with van der Waals surface area (Å²) in [4.78, 5) is 29.6. The van der Waals surface area contributed by atoms with E-state index in [1.165, 1.54) is 5.19 Å². The van der Waals surface area contributed by atoms with Gasteiger partial charge in [-0.3, -0.25) is 9.59 Å². The maximum Gasteiger partial charge on any atom is 0.264 e. The fourth-order valence-corrected chi connectivity index (χ4v) is 11.9. The number of ether oxygens (including phenoxy) is 3. The molecule has 0 bridgehead atoms. The lowest BCUT2D eigenvalue weighted by atomic mass is 9.82. The van der Waals surface area contributed by atoms with Gasteiger partial charge in [-0.25, -0.2) is 0 Å². The van der Waals surface area contributed by atoms with Crippen molar-refractivity contribution >= 4 is 48.1 Å². The number of rotatable bonds is 10. The molecule has 6 rings (SSSR count). The molecule has 2 amide bonds. The van der Waals surface area contributed by atoms with Gasteiger partial charge in [-0.15, -0.1) is 0 Å². The lowest BCUT2D eigenvalue weighted by Gasteiger charge is -2.37. The first-order valence-electron chi connectivity index (χ1n) is 16.1. The molecule has 4 aromatic carbocycles. The van der Waals surface area contributed by atoms with Gasteiger partial charge in [0.1, 0.15) is 11.5 Å². The standard InChI is InChI=1S/C38H41ClN2O6Si/c1-24-35(48(4,5)31-16-14-30(46-3)15-17-31)34(19-20-42)47-38(24)32-22-27(39)11-18-33(32)41(37(38)44)23-25-7-6-8-28(21-25)40-36(43)26-9-12-29(45-2)13-10-26/h6-18,21-22,24,34-35,42H,19-20,23H2,1-5H3,(H,40,43)/t24-,34+,35-,38+/m0/s1. The van der Waals surface area contributed by atoms with Crippen molar-refractivity contribution in [2.75, 3.05) is 31.0 Å². The number of anilines is 2. The van der Waals surface area contributed by atoms with Crippen molar-refractivity contribution in [3.05, 3.63) is 113 Å². The van der Waals surface area contributed by atoms with Gasteiger partial charge in [0.25, 0.3) is 11.8 Å². The van der Waals surface area contributed by atoms with Crippen LogP contribution in [-0.2, 0) is 21.7 Å². The van der Waals surface area contributed by atoms with Crippen LogP contribution in [0.4, 0.5) is 11.4 Å². The number of nitrogens with zero attached hydrogens (tertiary/aromatic N) is 1. The lowest BCUT2D eigenvalue weighted by Crippen LogP contribution is -2.51. The van der Waals surface area contributed by atoms with Gasteiger partial charge in [0.05, 0.1) is 40.6 Å². The number of amides is 2. The van der Waals surface area contributed by atoms with E-state index in [-0.39, 0.29) is 42.5 Å². The SMILES string of the molecule is COc1ccc(C(=O)Nc2cccc(CN3C(=O)[C@]4(O[C@H](CCO)[C@@H]([Si](C)(C)c5ccc(OC)cc5)[C@@H]4C)c4cc(Cl)ccc43)c2)cc1. The minimum atomic E-state index is -2.30. The van der Waals surface area contributed by atoms with E-state index >= 15 is 0 Å². The molecular formula is C38H41ClN2O6Si. The highest BCUT2D eigenvalue weighted by molar-refractivity contribution is 6.91. The first-order chi connectivity index (χ1) is 23.0. The zero-order chi connectivity index (χ0) is 34.2. The van der Waals surface area contributed by atoms with E-state index in [9.17, 15) is 14.7 Å². The molecule has 4 atom stereocenters. The van der Waals surface area contributed by atoms with Crippen LogP contribution in [0.1, 0.15) is 34.8 Å². The summed E-state index contributed by atoms with van der Waals surface area (Å²) in [6.45, 7) is 6.95. The first-order valence-corrected chi connectivity index (χ1v) is 19.6. The third-order valence-electron chi connectivity index (χ3n) is 10.1. The Balaban J connectivity index is 1.32. The van der Waals surface area contributed by atoms with E-state index in [1.54, 1.807) is 49.5 Å². The molecule has 1 spiro atoms. The summed E-state index contributed by atoms with van der Waals surface area (Å²) >= 11 is 6.60. The smallest absolute Gasteiger partial charge is 0.264 e. The number of methoxy groups -OCH3 is 2. The molecule has 1 saturated heterocycles. The van der Waals surface area contributed by atoms with Crippen LogP contribution in [0.2, 0.25) is 23.7 Å². The third kappa shape index (κ3) is 5.89. The maximum absolute atomic E-state index is 14.9. The van der Waals surface area contributed by atoms with Gasteiger partial charge in [-0.2, -0.15) is 0 Å². The summed E-state index contributed by atoms with van der Waals surface area (Å²) in [6.07, 6.45) is 0.0867. The topological polar surface area (TPSA) is 97.3 Å². The number of halogens is 1. The van der Waals surface area contributed by atoms with E-state index in [1.807, 2.05) is 48.5 Å². The van der Waals surface area contributed by atoms with Crippen molar-refractivity contribution in [2.24, 2.45) is 5.92 Å². The molecule has 1 fully saturated rings. The second-order valence-corrected chi connectivity index (χ2v) is 18.2. The molecule has 0 saturated carbocycles. The quantitative estimate of drug-likeness (QED) is 0.179. The van der Waals surface area contributed by atoms with Gasteiger partial charge >= 0.3 is 0 Å². The summed E-state index contributed by atoms with van der Waals surface area (Å²) in [5.41, 5.74) is 2.22. The van der Waals surface area contributed by atoms with Crippen LogP contribution in [0.5, 0.6) is 11.5 Å². The average molecular weight is 685 g/mol. The molecule has 2 aliphatic heterocycles. The van der Waals surface area contributed by atoms with Crippen molar-refractivity contribution in [2.45, 2.75) is 50.2 Å². The highest BCUT2D eigenvalue weighted by atomic mass is 35.5. The second-order valence-electron chi connectivity index (χ2n) is 13.1. The molecule has 4 aromatic rings. The van der Waals surface area contributed by atoms with Crippen molar-refractivity contribution in [1.82, 2.24) is 0 Å². The van der Waals surface area contributed by atoms with Gasteiger partial charge in [-0.05, 0) is 84.3 Å². The number of aliphatic hydroxyl groups is 1. The molecule has 2 heterocycles. The number of nitrogens with one attached hydrogen (secondary N) is 1. The molecule has 0 aromatic heterocycles. The van der Waals surface area contributed by atoms with Crippen LogP contribution in [-0.4, -0.2) is 51.9 Å². The largest absolute Gasteiger partial charge is 0.497 e. The normalized spacial score (nSPS) is 21.8. The fraction of sp³-hybridized carbons (Fsp3) is 0.316. The van der Waals surface area contributed by atoms with Gasteiger partial charge in [0, 0.05) is 34.4 Å². The summed E-state index contributed by atoms with van der Waals surface area (Å²) in [5, 5.41) is 14.9. The Kier molecular flexibility index (Phi) is 9.41. The average Bonchev–Trinajstić information content (AvgIpc) is 3.51. The Hall–Kier alpha value is -4.15. The van der Waals surface area contributed by atoms with E-state index < -0.39 is 13.7 Å². The van der Waals surface area contributed by atoms with Crippen molar-refractivity contribution in [1.29, 1.82) is 0 Å². The Bertz CT molecular complexity index is 1820. The minimum absolute atomic E-state index is 0.0188. The fourth-order valence-electron chi connectivity index (χ4n) is 7.72. The van der Waals surface area contributed by atoms with E-state index in [4.69, 9.17) is 25.8 Å². The number of aliphatic hydroxyl groups excluding tert-OH is 1. The third-order valence-corrected chi connectivity index (χ3v) is 14.7. The zero-order valence-electron chi connectivity index (χ0n) is 27.8. The van der Waals surface area contributed by atoms with Gasteiger partial charge in [-0.1, -0.05) is 61.1 Å². The molecule has 0 unspecified atom stereocenters. The molecule has 0 radical (unpaired) electrons. The molecule has 48 heavy (non-hydrogen) atoms. The summed E-state index contributed by atoms with van der Waals surface area (Å²) in [6, 6.07) is 28.1.